The molecule has 2 rings (SSSR count). The summed E-state index contributed by atoms with van der Waals surface area (Å²) in [5, 5.41) is 4.87. The molecule has 1 atom stereocenters. The van der Waals surface area contributed by atoms with E-state index in [0.29, 0.717) is 6.04 Å². The first kappa shape index (κ1) is 11.3. The van der Waals surface area contributed by atoms with E-state index in [9.17, 15) is 0 Å². The second-order valence-corrected chi connectivity index (χ2v) is 5.03. The van der Waals surface area contributed by atoms with Crippen LogP contribution in [0.4, 0.5) is 0 Å². The number of rotatable bonds is 4. The molecule has 1 aromatic rings. The second-order valence-electron chi connectivity index (χ2n) is 4.19. The molecule has 0 radical (unpaired) electrons. The summed E-state index contributed by atoms with van der Waals surface area (Å²) >= 11 is 12.2. The molecule has 0 amide bonds. The van der Waals surface area contributed by atoms with E-state index in [-0.39, 0.29) is 0 Å². The van der Waals surface area contributed by atoms with Gasteiger partial charge in [0.1, 0.15) is 0 Å². The van der Waals surface area contributed by atoms with Gasteiger partial charge in [0, 0.05) is 16.1 Å². The average Bonchev–Trinajstić information content (AvgIpc) is 3.02. The first-order valence-electron chi connectivity index (χ1n) is 5.33. The molecule has 3 heteroatoms. The molecule has 1 unspecified atom stereocenters. The molecule has 0 saturated heterocycles. The number of hydrogen-bond donors (Lipinski definition) is 1. The van der Waals surface area contributed by atoms with Crippen molar-refractivity contribution in [2.75, 3.05) is 7.05 Å². The Morgan fingerprint density at radius 3 is 2.73 bits per heavy atom. The molecule has 0 spiro atoms. The van der Waals surface area contributed by atoms with E-state index in [2.05, 4.69) is 5.32 Å². The minimum Gasteiger partial charge on any atom is -0.313 e. The minimum absolute atomic E-state index is 0.337. The summed E-state index contributed by atoms with van der Waals surface area (Å²) in [5.41, 5.74) is 1.12. The lowest BCUT2D eigenvalue weighted by atomic mass is 10.0. The Balaban J connectivity index is 2.19. The monoisotopic (exact) mass is 243 g/mol. The Morgan fingerprint density at radius 1 is 1.40 bits per heavy atom. The van der Waals surface area contributed by atoms with Gasteiger partial charge in [-0.15, -0.1) is 0 Å². The van der Waals surface area contributed by atoms with Gasteiger partial charge in [-0.05, 0) is 43.1 Å². The maximum atomic E-state index is 6.17. The Labute approximate surface area is 101 Å². The van der Waals surface area contributed by atoms with Crippen molar-refractivity contribution in [1.29, 1.82) is 0 Å². The molecule has 0 aromatic heterocycles. The predicted molar refractivity (Wildman–Crippen MR) is 65.6 cm³/mol. The predicted octanol–water partition coefficient (Wildman–Crippen LogP) is 4.05. The van der Waals surface area contributed by atoms with Crippen LogP contribution in [0.5, 0.6) is 0 Å². The van der Waals surface area contributed by atoms with Gasteiger partial charge in [0.25, 0.3) is 0 Å². The Hall–Kier alpha value is -0.240. The third kappa shape index (κ3) is 2.87. The summed E-state index contributed by atoms with van der Waals surface area (Å²) in [6, 6.07) is 6.00. The highest BCUT2D eigenvalue weighted by molar-refractivity contribution is 6.33. The maximum Gasteiger partial charge on any atom is 0.0454 e. The molecule has 82 valence electrons. The summed E-state index contributed by atoms with van der Waals surface area (Å²) < 4.78 is 0. The van der Waals surface area contributed by atoms with Crippen LogP contribution in [0.25, 0.3) is 0 Å². The highest BCUT2D eigenvalue weighted by Gasteiger charge is 2.26. The van der Waals surface area contributed by atoms with E-state index < -0.39 is 0 Å². The van der Waals surface area contributed by atoms with Crippen LogP contribution < -0.4 is 5.32 Å². The molecular weight excluding hydrogens is 229 g/mol. The first-order chi connectivity index (χ1) is 7.20. The molecule has 0 aliphatic heterocycles. The first-order valence-corrected chi connectivity index (χ1v) is 6.08. The van der Waals surface area contributed by atoms with Crippen molar-refractivity contribution in [3.05, 3.63) is 33.8 Å². The zero-order chi connectivity index (χ0) is 10.8. The quantitative estimate of drug-likeness (QED) is 0.842. The number of nitrogens with one attached hydrogen (secondary N) is 1. The maximum absolute atomic E-state index is 6.17. The van der Waals surface area contributed by atoms with E-state index >= 15 is 0 Å². The Kier molecular flexibility index (Phi) is 3.55. The smallest absolute Gasteiger partial charge is 0.0454 e. The Morgan fingerprint density at radius 2 is 2.13 bits per heavy atom. The third-order valence-electron chi connectivity index (χ3n) is 2.95. The SMILES string of the molecule is CNC(CC1CC1)c1cc(Cl)ccc1Cl. The van der Waals surface area contributed by atoms with Gasteiger partial charge in [0.2, 0.25) is 0 Å². The molecule has 0 bridgehead atoms. The summed E-state index contributed by atoms with van der Waals surface area (Å²) in [5.74, 6) is 0.873. The molecule has 1 aliphatic carbocycles. The minimum atomic E-state index is 0.337. The lowest BCUT2D eigenvalue weighted by Gasteiger charge is -2.17. The zero-order valence-corrected chi connectivity index (χ0v) is 10.3. The number of halogens is 2. The van der Waals surface area contributed by atoms with Gasteiger partial charge in [0.15, 0.2) is 0 Å². The molecule has 1 saturated carbocycles. The van der Waals surface area contributed by atoms with Gasteiger partial charge in [-0.25, -0.2) is 0 Å². The average molecular weight is 244 g/mol. The highest BCUT2D eigenvalue weighted by atomic mass is 35.5. The van der Waals surface area contributed by atoms with Crippen LogP contribution in [-0.2, 0) is 0 Å². The Bertz CT molecular complexity index is 347. The van der Waals surface area contributed by atoms with Gasteiger partial charge in [-0.3, -0.25) is 0 Å². The van der Waals surface area contributed by atoms with Crippen LogP contribution in [0, 0.1) is 5.92 Å². The fourth-order valence-electron chi connectivity index (χ4n) is 1.87. The number of hydrogen-bond acceptors (Lipinski definition) is 1. The molecule has 1 N–H and O–H groups in total. The summed E-state index contributed by atoms with van der Waals surface area (Å²) in [7, 11) is 1.98. The van der Waals surface area contributed by atoms with E-state index in [1.807, 2.05) is 25.2 Å². The van der Waals surface area contributed by atoms with E-state index in [4.69, 9.17) is 23.2 Å². The summed E-state index contributed by atoms with van der Waals surface area (Å²) in [6.07, 6.45) is 3.88. The molecule has 15 heavy (non-hydrogen) atoms. The fourth-order valence-corrected chi connectivity index (χ4v) is 2.30. The van der Waals surface area contributed by atoms with Crippen LogP contribution in [0.3, 0.4) is 0 Å². The number of benzene rings is 1. The lowest BCUT2D eigenvalue weighted by molar-refractivity contribution is 0.514. The van der Waals surface area contributed by atoms with Crippen molar-refractivity contribution in [2.24, 2.45) is 5.92 Å². The molecule has 1 nitrogen and oxygen atoms in total. The van der Waals surface area contributed by atoms with Crippen molar-refractivity contribution < 1.29 is 0 Å². The second kappa shape index (κ2) is 4.73. The van der Waals surface area contributed by atoms with Crippen LogP contribution >= 0.6 is 23.2 Å². The highest BCUT2D eigenvalue weighted by Crippen LogP contribution is 2.39. The zero-order valence-electron chi connectivity index (χ0n) is 8.76. The van der Waals surface area contributed by atoms with Gasteiger partial charge in [0.05, 0.1) is 0 Å². The van der Waals surface area contributed by atoms with Crippen molar-refractivity contribution >= 4 is 23.2 Å². The van der Waals surface area contributed by atoms with Crippen molar-refractivity contribution in [3.63, 3.8) is 0 Å². The third-order valence-corrected chi connectivity index (χ3v) is 3.53. The summed E-state index contributed by atoms with van der Waals surface area (Å²) in [4.78, 5) is 0. The van der Waals surface area contributed by atoms with Crippen LogP contribution in [0.15, 0.2) is 18.2 Å². The molecule has 1 fully saturated rings. The van der Waals surface area contributed by atoms with Crippen molar-refractivity contribution in [2.45, 2.75) is 25.3 Å². The van der Waals surface area contributed by atoms with Crippen molar-refractivity contribution in [3.8, 4) is 0 Å². The summed E-state index contributed by atoms with van der Waals surface area (Å²) in [6.45, 7) is 0. The normalized spacial score (nSPS) is 17.8. The fraction of sp³-hybridized carbons (Fsp3) is 0.500. The topological polar surface area (TPSA) is 12.0 Å². The van der Waals surface area contributed by atoms with Crippen LogP contribution in [-0.4, -0.2) is 7.05 Å². The molecule has 0 heterocycles. The van der Waals surface area contributed by atoms with Crippen LogP contribution in [0.2, 0.25) is 10.0 Å². The molecular formula is C12H15Cl2N. The lowest BCUT2D eigenvalue weighted by Crippen LogP contribution is -2.17. The molecule has 1 aliphatic rings. The van der Waals surface area contributed by atoms with Gasteiger partial charge < -0.3 is 5.32 Å². The van der Waals surface area contributed by atoms with Crippen molar-refractivity contribution in [1.82, 2.24) is 5.32 Å². The van der Waals surface area contributed by atoms with Gasteiger partial charge in [-0.1, -0.05) is 36.0 Å². The standard InChI is InChI=1S/C12H15Cl2N/c1-15-12(6-8-2-3-8)10-7-9(13)4-5-11(10)14/h4-5,7-8,12,15H,2-3,6H2,1H3. The van der Waals surface area contributed by atoms with E-state index in [1.54, 1.807) is 0 Å². The largest absolute Gasteiger partial charge is 0.313 e. The molecule has 1 aromatic carbocycles. The van der Waals surface area contributed by atoms with E-state index in [0.717, 1.165) is 27.9 Å². The van der Waals surface area contributed by atoms with Gasteiger partial charge in [-0.2, -0.15) is 0 Å². The van der Waals surface area contributed by atoms with Crippen LogP contribution in [0.1, 0.15) is 30.9 Å². The van der Waals surface area contributed by atoms with E-state index in [1.165, 1.54) is 12.8 Å². The van der Waals surface area contributed by atoms with Gasteiger partial charge >= 0.3 is 0 Å².